The fourth-order valence-corrected chi connectivity index (χ4v) is 3.01. The molecule has 2 N–H and O–H groups in total. The first-order valence-corrected chi connectivity index (χ1v) is 7.41. The molecule has 1 fully saturated rings. The Hall–Kier alpha value is -1.17. The average Bonchev–Trinajstić information content (AvgIpc) is 2.80. The van der Waals surface area contributed by atoms with Gasteiger partial charge in [-0.15, -0.1) is 0 Å². The van der Waals surface area contributed by atoms with Gasteiger partial charge in [0.05, 0.1) is 12.7 Å². The molecule has 0 aromatic heterocycles. The maximum Gasteiger partial charge on any atom is 0.131 e. The van der Waals surface area contributed by atoms with Gasteiger partial charge in [-0.05, 0) is 38.9 Å². The zero-order chi connectivity index (χ0) is 15.5. The molecule has 2 rings (SSSR count). The van der Waals surface area contributed by atoms with Crippen molar-refractivity contribution in [1.29, 1.82) is 0 Å². The summed E-state index contributed by atoms with van der Waals surface area (Å²) in [6.07, 6.45) is 1.56. The summed E-state index contributed by atoms with van der Waals surface area (Å²) in [4.78, 5) is 2.22. The number of rotatable bonds is 6. The Balaban J connectivity index is 2.04. The molecule has 1 aliphatic heterocycles. The van der Waals surface area contributed by atoms with Crippen LogP contribution in [0, 0.1) is 5.82 Å². The number of nitrogens with zero attached hydrogens (tertiary/aromatic N) is 1. The van der Waals surface area contributed by atoms with Crippen LogP contribution in [0.2, 0.25) is 0 Å². The Morgan fingerprint density at radius 2 is 2.29 bits per heavy atom. The maximum absolute atomic E-state index is 14.1. The van der Waals surface area contributed by atoms with E-state index in [0.717, 1.165) is 25.9 Å². The number of halogens is 1. The van der Waals surface area contributed by atoms with Crippen molar-refractivity contribution >= 4 is 0 Å². The van der Waals surface area contributed by atoms with E-state index in [1.54, 1.807) is 19.2 Å². The number of β-amino-alcohol motifs (C(OH)–C–C–N with tert-alkyl or cyclic N) is 1. The van der Waals surface area contributed by atoms with Gasteiger partial charge in [0, 0.05) is 31.2 Å². The SMILES string of the molecule is CNC(CCN1CCC(C)(O)C1)c1c(F)cccc1OC. The normalized spacial score (nSPS) is 24.2. The molecule has 2 unspecified atom stereocenters. The average molecular weight is 296 g/mol. The minimum absolute atomic E-state index is 0.105. The van der Waals surface area contributed by atoms with Crippen molar-refractivity contribution < 1.29 is 14.2 Å². The van der Waals surface area contributed by atoms with E-state index in [9.17, 15) is 9.50 Å². The predicted octanol–water partition coefficient (Wildman–Crippen LogP) is 1.94. The quantitative estimate of drug-likeness (QED) is 0.842. The van der Waals surface area contributed by atoms with E-state index in [2.05, 4.69) is 10.2 Å². The van der Waals surface area contributed by atoms with Crippen LogP contribution in [0.25, 0.3) is 0 Å². The zero-order valence-corrected chi connectivity index (χ0v) is 13.0. The first kappa shape index (κ1) is 16.2. The monoisotopic (exact) mass is 296 g/mol. The Morgan fingerprint density at radius 1 is 1.52 bits per heavy atom. The number of nitrogens with one attached hydrogen (secondary N) is 1. The van der Waals surface area contributed by atoms with Gasteiger partial charge in [-0.3, -0.25) is 0 Å². The highest BCUT2D eigenvalue weighted by Crippen LogP contribution is 2.30. The molecule has 0 radical (unpaired) electrons. The lowest BCUT2D eigenvalue weighted by Crippen LogP contribution is -2.32. The third-order valence-electron chi connectivity index (χ3n) is 4.19. The number of hydrogen-bond acceptors (Lipinski definition) is 4. The van der Waals surface area contributed by atoms with Gasteiger partial charge in [0.15, 0.2) is 0 Å². The van der Waals surface area contributed by atoms with Crippen LogP contribution in [0.3, 0.4) is 0 Å². The maximum atomic E-state index is 14.1. The minimum atomic E-state index is -0.592. The van der Waals surface area contributed by atoms with Crippen molar-refractivity contribution in [2.45, 2.75) is 31.4 Å². The molecule has 1 aliphatic rings. The van der Waals surface area contributed by atoms with Crippen LogP contribution in [0.5, 0.6) is 5.75 Å². The van der Waals surface area contributed by atoms with E-state index in [0.29, 0.717) is 17.9 Å². The summed E-state index contributed by atoms with van der Waals surface area (Å²) in [5.41, 5.74) is -0.0152. The Labute approximate surface area is 125 Å². The first-order chi connectivity index (χ1) is 9.96. The third kappa shape index (κ3) is 3.93. The molecular formula is C16H25FN2O2. The number of methoxy groups -OCH3 is 1. The van der Waals surface area contributed by atoms with Crippen LogP contribution in [-0.4, -0.2) is 49.4 Å². The van der Waals surface area contributed by atoms with Crippen LogP contribution < -0.4 is 10.1 Å². The second-order valence-electron chi connectivity index (χ2n) is 6.01. The second-order valence-corrected chi connectivity index (χ2v) is 6.01. The number of aliphatic hydroxyl groups is 1. The van der Waals surface area contributed by atoms with Crippen LogP contribution in [-0.2, 0) is 0 Å². The summed E-state index contributed by atoms with van der Waals surface area (Å²) in [5, 5.41) is 13.2. The first-order valence-electron chi connectivity index (χ1n) is 7.41. The highest BCUT2D eigenvalue weighted by molar-refractivity contribution is 5.37. The summed E-state index contributed by atoms with van der Waals surface area (Å²) < 4.78 is 19.4. The highest BCUT2D eigenvalue weighted by atomic mass is 19.1. The molecule has 0 aliphatic carbocycles. The smallest absolute Gasteiger partial charge is 0.131 e. The van der Waals surface area contributed by atoms with Gasteiger partial charge in [0.1, 0.15) is 11.6 Å². The van der Waals surface area contributed by atoms with Crippen LogP contribution >= 0.6 is 0 Å². The van der Waals surface area contributed by atoms with Crippen molar-refractivity contribution in [2.24, 2.45) is 0 Å². The predicted molar refractivity (Wildman–Crippen MR) is 81.1 cm³/mol. The fraction of sp³-hybridized carbons (Fsp3) is 0.625. The third-order valence-corrected chi connectivity index (χ3v) is 4.19. The minimum Gasteiger partial charge on any atom is -0.496 e. The molecule has 5 heteroatoms. The molecule has 2 atom stereocenters. The van der Waals surface area contributed by atoms with E-state index >= 15 is 0 Å². The molecule has 4 nitrogen and oxygen atoms in total. The lowest BCUT2D eigenvalue weighted by Gasteiger charge is -2.24. The van der Waals surface area contributed by atoms with Gasteiger partial charge in [-0.2, -0.15) is 0 Å². The van der Waals surface area contributed by atoms with E-state index in [1.165, 1.54) is 6.07 Å². The van der Waals surface area contributed by atoms with E-state index in [1.807, 2.05) is 14.0 Å². The van der Waals surface area contributed by atoms with Crippen LogP contribution in [0.15, 0.2) is 18.2 Å². The molecule has 0 bridgehead atoms. The highest BCUT2D eigenvalue weighted by Gasteiger charge is 2.31. The molecule has 1 aromatic carbocycles. The van der Waals surface area contributed by atoms with Crippen molar-refractivity contribution in [3.05, 3.63) is 29.6 Å². The standard InChI is InChI=1S/C16H25FN2O2/c1-16(20)8-10-19(11-16)9-7-13(18-2)15-12(17)5-4-6-14(15)21-3/h4-6,13,18,20H,7-11H2,1-3H3. The summed E-state index contributed by atoms with van der Waals surface area (Å²) in [5.74, 6) is 0.324. The number of likely N-dealkylation sites (tertiary alicyclic amines) is 1. The molecule has 21 heavy (non-hydrogen) atoms. The van der Waals surface area contributed by atoms with E-state index in [4.69, 9.17) is 4.74 Å². The topological polar surface area (TPSA) is 44.7 Å². The molecule has 118 valence electrons. The number of hydrogen-bond donors (Lipinski definition) is 2. The van der Waals surface area contributed by atoms with E-state index < -0.39 is 5.60 Å². The van der Waals surface area contributed by atoms with Gasteiger partial charge in [-0.1, -0.05) is 6.07 Å². The molecule has 1 heterocycles. The van der Waals surface area contributed by atoms with Crippen molar-refractivity contribution in [3.63, 3.8) is 0 Å². The van der Waals surface area contributed by atoms with Crippen molar-refractivity contribution in [3.8, 4) is 5.75 Å². The van der Waals surface area contributed by atoms with Gasteiger partial charge in [0.2, 0.25) is 0 Å². The van der Waals surface area contributed by atoms with Gasteiger partial charge in [0.25, 0.3) is 0 Å². The number of benzene rings is 1. The van der Waals surface area contributed by atoms with E-state index in [-0.39, 0.29) is 11.9 Å². The van der Waals surface area contributed by atoms with Crippen LogP contribution in [0.4, 0.5) is 4.39 Å². The fourth-order valence-electron chi connectivity index (χ4n) is 3.01. The van der Waals surface area contributed by atoms with Crippen molar-refractivity contribution in [1.82, 2.24) is 10.2 Å². The summed E-state index contributed by atoms with van der Waals surface area (Å²) in [7, 11) is 3.39. The van der Waals surface area contributed by atoms with Gasteiger partial charge < -0.3 is 20.1 Å². The second kappa shape index (κ2) is 6.73. The number of ether oxygens (including phenoxy) is 1. The van der Waals surface area contributed by atoms with Crippen LogP contribution in [0.1, 0.15) is 31.4 Å². The lowest BCUT2D eigenvalue weighted by molar-refractivity contribution is 0.0683. The zero-order valence-electron chi connectivity index (χ0n) is 13.0. The van der Waals surface area contributed by atoms with Gasteiger partial charge >= 0.3 is 0 Å². The summed E-state index contributed by atoms with van der Waals surface area (Å²) in [6, 6.07) is 4.79. The Bertz CT molecular complexity index is 479. The molecular weight excluding hydrogens is 271 g/mol. The molecule has 0 amide bonds. The molecule has 0 spiro atoms. The summed E-state index contributed by atoms with van der Waals surface area (Å²) >= 11 is 0. The summed E-state index contributed by atoms with van der Waals surface area (Å²) in [6.45, 7) is 4.25. The lowest BCUT2D eigenvalue weighted by atomic mass is 10.0. The molecule has 1 saturated heterocycles. The molecule has 0 saturated carbocycles. The Morgan fingerprint density at radius 3 is 2.86 bits per heavy atom. The van der Waals surface area contributed by atoms with Gasteiger partial charge in [-0.25, -0.2) is 4.39 Å². The van der Waals surface area contributed by atoms with Crippen molar-refractivity contribution in [2.75, 3.05) is 33.8 Å². The Kier molecular flexibility index (Phi) is 5.19. The largest absolute Gasteiger partial charge is 0.496 e. The molecule has 1 aromatic rings.